The van der Waals surface area contributed by atoms with Crippen LogP contribution in [0.2, 0.25) is 0 Å². The van der Waals surface area contributed by atoms with Gasteiger partial charge in [0.25, 0.3) is 0 Å². The number of aromatic amines is 1. The number of nitrogens with zero attached hydrogens (tertiary/aromatic N) is 3. The quantitative estimate of drug-likeness (QED) is 0.618. The number of nitrogens with one attached hydrogen (secondary N) is 1. The lowest BCUT2D eigenvalue weighted by atomic mass is 10.2. The van der Waals surface area contributed by atoms with E-state index >= 15 is 0 Å². The molecule has 0 fully saturated rings. The number of hydrogen-bond donors (Lipinski definition) is 1. The van der Waals surface area contributed by atoms with Crippen LogP contribution in [0.3, 0.4) is 0 Å². The van der Waals surface area contributed by atoms with Crippen molar-refractivity contribution in [2.75, 3.05) is 0 Å². The first kappa shape index (κ1) is 18.2. The van der Waals surface area contributed by atoms with Crippen LogP contribution in [0.1, 0.15) is 5.56 Å². The highest BCUT2D eigenvalue weighted by Gasteiger charge is 1.99. The first-order chi connectivity index (χ1) is 8.84. The maximum Gasteiger partial charge on any atom is 0.243 e. The Morgan fingerprint density at radius 2 is 2.00 bits per heavy atom. The number of rotatable bonds is 2. The van der Waals surface area contributed by atoms with E-state index in [0.717, 1.165) is 6.54 Å². The fraction of sp³-hybridized carbons (Fsp3) is 0.143. The minimum absolute atomic E-state index is 0. The zero-order chi connectivity index (χ0) is 12.6. The van der Waals surface area contributed by atoms with Crippen molar-refractivity contribution in [2.45, 2.75) is 6.54 Å². The van der Waals surface area contributed by atoms with Gasteiger partial charge in [-0.25, -0.2) is 14.1 Å². The molecule has 1 N–H and O–H groups in total. The summed E-state index contributed by atoms with van der Waals surface area (Å²) in [6.45, 7) is 0.946. The van der Waals surface area contributed by atoms with Gasteiger partial charge in [0.05, 0.1) is 13.4 Å². The van der Waals surface area contributed by atoms with E-state index < -0.39 is 0 Å². The summed E-state index contributed by atoms with van der Waals surface area (Å²) in [7, 11) is 2.03. The second-order valence-electron chi connectivity index (χ2n) is 4.00. The third-order valence-electron chi connectivity index (χ3n) is 2.44. The smallest absolute Gasteiger partial charge is 0.243 e. The van der Waals surface area contributed by atoms with Gasteiger partial charge in [0.2, 0.25) is 6.33 Å². The number of halogens is 2. The van der Waals surface area contributed by atoms with Gasteiger partial charge in [-0.05, 0) is 5.56 Å². The standard InChI is InChI=1S/C11H13N2.C3H4N2.2ClH/c1-12-7-8-13(10-12)9-11-5-3-2-4-6-11;1-2-5-3-4-1;;/h2-8,10H,9H2,1H3;1-3H,(H,4,5);2*1H/q+1;;;/p-1. The summed E-state index contributed by atoms with van der Waals surface area (Å²) in [5.41, 5.74) is 1.33. The summed E-state index contributed by atoms with van der Waals surface area (Å²) >= 11 is 0. The average molecular weight is 313 g/mol. The van der Waals surface area contributed by atoms with Crippen LogP contribution >= 0.6 is 12.4 Å². The highest BCUT2D eigenvalue weighted by molar-refractivity contribution is 5.85. The van der Waals surface area contributed by atoms with Crippen LogP contribution in [-0.2, 0) is 13.6 Å². The molecule has 0 saturated heterocycles. The highest BCUT2D eigenvalue weighted by atomic mass is 35.5. The molecule has 0 unspecified atom stereocenters. The number of benzene rings is 1. The van der Waals surface area contributed by atoms with Crippen LogP contribution < -0.4 is 17.0 Å². The van der Waals surface area contributed by atoms with Gasteiger partial charge in [-0.15, -0.1) is 12.4 Å². The summed E-state index contributed by atoms with van der Waals surface area (Å²) in [5.74, 6) is 0. The summed E-state index contributed by atoms with van der Waals surface area (Å²) in [4.78, 5) is 6.42. The third kappa shape index (κ3) is 6.41. The molecule has 1 aromatic carbocycles. The van der Waals surface area contributed by atoms with Gasteiger partial charge in [0, 0.05) is 12.4 Å². The van der Waals surface area contributed by atoms with Crippen molar-refractivity contribution in [3.63, 3.8) is 0 Å². The first-order valence-electron chi connectivity index (χ1n) is 5.82. The van der Waals surface area contributed by atoms with Crippen molar-refractivity contribution in [1.82, 2.24) is 14.5 Å². The largest absolute Gasteiger partial charge is 1.00 e. The predicted molar refractivity (Wildman–Crippen MR) is 77.0 cm³/mol. The molecular formula is C14H18Cl2N4. The van der Waals surface area contributed by atoms with Crippen LogP contribution in [-0.4, -0.2) is 14.5 Å². The van der Waals surface area contributed by atoms with E-state index in [-0.39, 0.29) is 24.8 Å². The molecule has 20 heavy (non-hydrogen) atoms. The monoisotopic (exact) mass is 312 g/mol. The van der Waals surface area contributed by atoms with E-state index in [1.54, 1.807) is 18.7 Å². The Labute approximate surface area is 131 Å². The van der Waals surface area contributed by atoms with E-state index in [2.05, 4.69) is 51.3 Å². The van der Waals surface area contributed by atoms with Gasteiger partial charge in [-0.1, -0.05) is 30.3 Å². The molecular weight excluding hydrogens is 295 g/mol. The predicted octanol–water partition coefficient (Wildman–Crippen LogP) is -0.804. The molecule has 0 aliphatic rings. The summed E-state index contributed by atoms with van der Waals surface area (Å²) in [6, 6.07) is 10.5. The Morgan fingerprint density at radius 1 is 1.25 bits per heavy atom. The summed E-state index contributed by atoms with van der Waals surface area (Å²) < 4.78 is 4.21. The molecule has 0 bridgehead atoms. The second kappa shape index (κ2) is 10.1. The zero-order valence-corrected chi connectivity index (χ0v) is 12.8. The second-order valence-corrected chi connectivity index (χ2v) is 4.00. The molecule has 0 saturated carbocycles. The highest BCUT2D eigenvalue weighted by Crippen LogP contribution is 2.00. The Morgan fingerprint density at radius 3 is 2.45 bits per heavy atom. The minimum atomic E-state index is 0. The lowest BCUT2D eigenvalue weighted by Crippen LogP contribution is -3.00. The van der Waals surface area contributed by atoms with Gasteiger partial charge in [0.15, 0.2) is 0 Å². The van der Waals surface area contributed by atoms with Gasteiger partial charge < -0.3 is 17.4 Å². The Balaban J connectivity index is 0.000000443. The SMILES string of the molecule is C[n+]1ccn(Cc2ccccc2)c1.Cl.[Cl-].c1c[nH]cn1. The molecule has 2 heterocycles. The van der Waals surface area contributed by atoms with Crippen LogP contribution in [0.25, 0.3) is 0 Å². The number of aromatic nitrogens is 4. The number of imidazole rings is 2. The lowest BCUT2D eigenvalue weighted by Gasteiger charge is -1.95. The van der Waals surface area contributed by atoms with Gasteiger partial charge in [0.1, 0.15) is 18.9 Å². The van der Waals surface area contributed by atoms with E-state index in [0.29, 0.717) is 0 Å². The molecule has 6 heteroatoms. The summed E-state index contributed by atoms with van der Waals surface area (Å²) in [5, 5.41) is 0. The van der Waals surface area contributed by atoms with Gasteiger partial charge >= 0.3 is 0 Å². The van der Waals surface area contributed by atoms with Crippen LogP contribution in [0.5, 0.6) is 0 Å². The minimum Gasteiger partial charge on any atom is -1.00 e. The molecule has 0 amide bonds. The Hall–Kier alpha value is -1.78. The van der Waals surface area contributed by atoms with Crippen molar-refractivity contribution >= 4 is 12.4 Å². The fourth-order valence-electron chi connectivity index (χ4n) is 1.60. The summed E-state index contributed by atoms with van der Waals surface area (Å²) in [6.07, 6.45) is 11.3. The maximum atomic E-state index is 3.67. The number of H-pyrrole nitrogens is 1. The normalized spacial score (nSPS) is 8.65. The first-order valence-corrected chi connectivity index (χ1v) is 5.82. The zero-order valence-electron chi connectivity index (χ0n) is 11.2. The Kier molecular flexibility index (Phi) is 9.17. The fourth-order valence-corrected chi connectivity index (χ4v) is 1.60. The molecule has 4 nitrogen and oxygen atoms in total. The van der Waals surface area contributed by atoms with E-state index in [1.165, 1.54) is 5.56 Å². The van der Waals surface area contributed by atoms with Crippen LogP contribution in [0.4, 0.5) is 0 Å². The lowest BCUT2D eigenvalue weighted by molar-refractivity contribution is -0.671. The van der Waals surface area contributed by atoms with Gasteiger partial charge in [-0.2, -0.15) is 0 Å². The van der Waals surface area contributed by atoms with E-state index in [1.807, 2.05) is 23.9 Å². The van der Waals surface area contributed by atoms with Crippen molar-refractivity contribution in [3.05, 3.63) is 73.3 Å². The molecule has 0 atom stereocenters. The van der Waals surface area contributed by atoms with Crippen molar-refractivity contribution in [1.29, 1.82) is 0 Å². The van der Waals surface area contributed by atoms with E-state index in [9.17, 15) is 0 Å². The number of aryl methyl sites for hydroxylation is 1. The van der Waals surface area contributed by atoms with Gasteiger partial charge in [-0.3, -0.25) is 0 Å². The maximum absolute atomic E-state index is 3.67. The third-order valence-corrected chi connectivity index (χ3v) is 2.44. The van der Waals surface area contributed by atoms with E-state index in [4.69, 9.17) is 0 Å². The topological polar surface area (TPSA) is 37.5 Å². The van der Waals surface area contributed by atoms with Crippen LogP contribution in [0, 0.1) is 0 Å². The van der Waals surface area contributed by atoms with Crippen molar-refractivity contribution in [2.24, 2.45) is 7.05 Å². The molecule has 3 rings (SSSR count). The molecule has 3 aromatic rings. The molecule has 108 valence electrons. The molecule has 0 aliphatic carbocycles. The molecule has 2 aromatic heterocycles. The van der Waals surface area contributed by atoms with Crippen LogP contribution in [0.15, 0.2) is 67.8 Å². The molecule has 0 spiro atoms. The van der Waals surface area contributed by atoms with Crippen molar-refractivity contribution < 1.29 is 17.0 Å². The molecule has 0 aliphatic heterocycles. The Bertz CT molecular complexity index is 532. The van der Waals surface area contributed by atoms with Crippen molar-refractivity contribution in [3.8, 4) is 0 Å². The number of hydrogen-bond acceptors (Lipinski definition) is 1. The average Bonchev–Trinajstić information content (AvgIpc) is 3.05. The molecule has 0 radical (unpaired) electrons.